The molecule has 0 unspecified atom stereocenters. The highest BCUT2D eigenvalue weighted by molar-refractivity contribution is 5.85. The van der Waals surface area contributed by atoms with Gasteiger partial charge in [0.2, 0.25) is 0 Å². The van der Waals surface area contributed by atoms with Gasteiger partial charge >= 0.3 is 0 Å². The second-order valence-corrected chi connectivity index (χ2v) is 6.27. The quantitative estimate of drug-likeness (QED) is 0.345. The van der Waals surface area contributed by atoms with E-state index in [0.29, 0.717) is 0 Å². The van der Waals surface area contributed by atoms with Gasteiger partial charge in [-0.3, -0.25) is 0 Å². The summed E-state index contributed by atoms with van der Waals surface area (Å²) in [6, 6.07) is 30.6. The minimum Gasteiger partial charge on any atom is -0.316 e. The van der Waals surface area contributed by atoms with Gasteiger partial charge in [-0.15, -0.1) is 0 Å². The molecule has 1 aliphatic heterocycles. The largest absolute Gasteiger partial charge is 0.316 e. The van der Waals surface area contributed by atoms with Gasteiger partial charge in [0.05, 0.1) is 5.69 Å². The van der Waals surface area contributed by atoms with Gasteiger partial charge in [0.1, 0.15) is 0 Å². The molecule has 5 rings (SSSR count). The van der Waals surface area contributed by atoms with Gasteiger partial charge in [0.25, 0.3) is 0 Å². The summed E-state index contributed by atoms with van der Waals surface area (Å²) in [7, 11) is 0. The Labute approximate surface area is 141 Å². The van der Waals surface area contributed by atoms with E-state index in [-0.39, 0.29) is 0 Å². The molecule has 0 fully saturated rings. The van der Waals surface area contributed by atoms with Crippen molar-refractivity contribution < 1.29 is 0 Å². The van der Waals surface area contributed by atoms with Gasteiger partial charge in [-0.25, -0.2) is 0 Å². The zero-order valence-electron chi connectivity index (χ0n) is 13.3. The van der Waals surface area contributed by atoms with Crippen LogP contribution in [0.3, 0.4) is 0 Å². The van der Waals surface area contributed by atoms with Crippen LogP contribution in [0.25, 0.3) is 28.1 Å². The van der Waals surface area contributed by atoms with Crippen LogP contribution in [0.4, 0.5) is 0 Å². The molecule has 3 aromatic carbocycles. The van der Waals surface area contributed by atoms with Crippen molar-refractivity contribution in [1.82, 2.24) is 4.57 Å². The number of para-hydroxylation sites is 1. The summed E-state index contributed by atoms with van der Waals surface area (Å²) in [5.74, 6) is 0. The molecule has 1 aliphatic rings. The summed E-state index contributed by atoms with van der Waals surface area (Å²) < 4.78 is 2.32. The van der Waals surface area contributed by atoms with E-state index in [1.807, 2.05) is 0 Å². The first-order chi connectivity index (χ1) is 11.9. The van der Waals surface area contributed by atoms with Gasteiger partial charge in [0.15, 0.2) is 0 Å². The van der Waals surface area contributed by atoms with Crippen LogP contribution >= 0.6 is 0 Å². The molecule has 1 aromatic heterocycles. The predicted octanol–water partition coefficient (Wildman–Crippen LogP) is 5.72. The lowest BCUT2D eigenvalue weighted by molar-refractivity contribution is 1.04. The molecular weight excluding hydrogens is 290 g/mol. The molecular formula is C23H17N. The normalized spacial score (nSPS) is 12.0. The summed E-state index contributed by atoms with van der Waals surface area (Å²) in [4.78, 5) is 0. The molecule has 2 heterocycles. The minimum absolute atomic E-state index is 0.943. The molecule has 114 valence electrons. The molecule has 0 spiro atoms. The summed E-state index contributed by atoms with van der Waals surface area (Å²) >= 11 is 0. The van der Waals surface area contributed by atoms with Crippen molar-refractivity contribution in [2.75, 3.05) is 0 Å². The Morgan fingerprint density at radius 2 is 1.21 bits per heavy atom. The monoisotopic (exact) mass is 307 g/mol. The Balaban J connectivity index is 1.93. The topological polar surface area (TPSA) is 4.93 Å². The van der Waals surface area contributed by atoms with Crippen LogP contribution in [-0.4, -0.2) is 4.57 Å². The lowest BCUT2D eigenvalue weighted by atomic mass is 9.92. The zero-order chi connectivity index (χ0) is 15.9. The highest BCUT2D eigenvalue weighted by atomic mass is 15.0. The van der Waals surface area contributed by atoms with Crippen LogP contribution < -0.4 is 0 Å². The number of benzene rings is 3. The lowest BCUT2D eigenvalue weighted by Gasteiger charge is -2.13. The first kappa shape index (κ1) is 13.4. The molecule has 0 bridgehead atoms. The van der Waals surface area contributed by atoms with E-state index in [2.05, 4.69) is 95.7 Å². The average molecular weight is 307 g/mol. The van der Waals surface area contributed by atoms with Gasteiger partial charge in [-0.2, -0.15) is 0 Å². The van der Waals surface area contributed by atoms with Gasteiger partial charge in [0, 0.05) is 23.9 Å². The molecule has 4 aromatic rings. The summed E-state index contributed by atoms with van der Waals surface area (Å²) in [6.45, 7) is 0. The molecule has 0 atom stereocenters. The summed E-state index contributed by atoms with van der Waals surface area (Å²) in [6.07, 6.45) is 3.11. The van der Waals surface area contributed by atoms with Crippen molar-refractivity contribution in [3.05, 3.63) is 102 Å². The molecule has 0 saturated heterocycles. The molecule has 0 aliphatic carbocycles. The van der Waals surface area contributed by atoms with E-state index < -0.39 is 0 Å². The van der Waals surface area contributed by atoms with Crippen LogP contribution in [0.5, 0.6) is 0 Å². The van der Waals surface area contributed by atoms with Crippen LogP contribution in [0.2, 0.25) is 0 Å². The Kier molecular flexibility index (Phi) is 2.92. The average Bonchev–Trinajstić information content (AvgIpc) is 3.12. The molecule has 0 radical (unpaired) electrons. The van der Waals surface area contributed by atoms with E-state index in [1.54, 1.807) is 0 Å². The maximum atomic E-state index is 2.32. The van der Waals surface area contributed by atoms with Crippen molar-refractivity contribution in [2.45, 2.75) is 6.42 Å². The molecule has 0 amide bonds. The molecule has 1 heteroatoms. The standard InChI is InChI=1S/C23H17N/c1-3-10-19-17(8-1)16-18-9-2-6-13-22(18)24-15-7-14-23(24)21-12-5-4-11-20(19)21/h1-15H,16H2. The van der Waals surface area contributed by atoms with Crippen LogP contribution in [0, 0.1) is 0 Å². The maximum absolute atomic E-state index is 2.32. The van der Waals surface area contributed by atoms with Crippen LogP contribution in [-0.2, 0) is 6.42 Å². The fraction of sp³-hybridized carbons (Fsp3) is 0.0435. The van der Waals surface area contributed by atoms with Gasteiger partial charge in [-0.1, -0.05) is 66.7 Å². The third-order valence-electron chi connectivity index (χ3n) is 4.89. The molecule has 0 N–H and O–H groups in total. The van der Waals surface area contributed by atoms with Crippen molar-refractivity contribution in [1.29, 1.82) is 0 Å². The third kappa shape index (κ3) is 1.95. The SMILES string of the molecule is c1ccc2c(c1)Cc1ccccc1-n1cccc1-c1ccccc1-2. The zero-order valence-corrected chi connectivity index (χ0v) is 13.3. The van der Waals surface area contributed by atoms with Crippen molar-refractivity contribution in [3.63, 3.8) is 0 Å². The maximum Gasteiger partial charge on any atom is 0.0534 e. The van der Waals surface area contributed by atoms with Crippen LogP contribution in [0.15, 0.2) is 91.1 Å². The van der Waals surface area contributed by atoms with E-state index in [4.69, 9.17) is 0 Å². The van der Waals surface area contributed by atoms with Crippen LogP contribution in [0.1, 0.15) is 11.1 Å². The van der Waals surface area contributed by atoms with Gasteiger partial charge in [-0.05, 0) is 40.5 Å². The Hall–Kier alpha value is -3.06. The number of nitrogens with zero attached hydrogens (tertiary/aromatic N) is 1. The van der Waals surface area contributed by atoms with Crippen molar-refractivity contribution in [2.24, 2.45) is 0 Å². The predicted molar refractivity (Wildman–Crippen MR) is 99.4 cm³/mol. The first-order valence-corrected chi connectivity index (χ1v) is 8.35. The van der Waals surface area contributed by atoms with Crippen molar-refractivity contribution >= 4 is 0 Å². The fourth-order valence-electron chi connectivity index (χ4n) is 3.79. The molecule has 1 nitrogen and oxygen atoms in total. The van der Waals surface area contributed by atoms with E-state index >= 15 is 0 Å². The van der Waals surface area contributed by atoms with Gasteiger partial charge < -0.3 is 4.57 Å². The number of hydrogen-bond donors (Lipinski definition) is 0. The highest BCUT2D eigenvalue weighted by Crippen LogP contribution is 2.38. The second kappa shape index (κ2) is 5.24. The van der Waals surface area contributed by atoms with E-state index in [9.17, 15) is 0 Å². The molecule has 24 heavy (non-hydrogen) atoms. The summed E-state index contributed by atoms with van der Waals surface area (Å²) in [5.41, 5.74) is 9.17. The molecule has 0 saturated carbocycles. The summed E-state index contributed by atoms with van der Waals surface area (Å²) in [5, 5.41) is 0. The number of fused-ring (bicyclic) bond motifs is 7. The Morgan fingerprint density at radius 3 is 2.08 bits per heavy atom. The van der Waals surface area contributed by atoms with E-state index in [0.717, 1.165) is 6.42 Å². The number of hydrogen-bond acceptors (Lipinski definition) is 0. The number of aromatic nitrogens is 1. The smallest absolute Gasteiger partial charge is 0.0534 e. The Morgan fingerprint density at radius 1 is 0.542 bits per heavy atom. The number of rotatable bonds is 0. The fourth-order valence-corrected chi connectivity index (χ4v) is 3.79. The first-order valence-electron chi connectivity index (χ1n) is 8.35. The van der Waals surface area contributed by atoms with Crippen molar-refractivity contribution in [3.8, 4) is 28.1 Å². The second-order valence-electron chi connectivity index (χ2n) is 6.27. The highest BCUT2D eigenvalue weighted by Gasteiger charge is 2.18. The Bertz CT molecular complexity index is 1040. The lowest BCUT2D eigenvalue weighted by Crippen LogP contribution is -2.00. The minimum atomic E-state index is 0.943. The third-order valence-corrected chi connectivity index (χ3v) is 4.89. The van der Waals surface area contributed by atoms with E-state index in [1.165, 1.54) is 39.2 Å².